The Labute approximate surface area is 129 Å². The van der Waals surface area contributed by atoms with Crippen LogP contribution in [-0.2, 0) is 6.54 Å². The van der Waals surface area contributed by atoms with Crippen molar-refractivity contribution >= 4 is 0 Å². The van der Waals surface area contributed by atoms with Crippen molar-refractivity contribution in [2.24, 2.45) is 0 Å². The molecule has 1 saturated carbocycles. The first-order chi connectivity index (χ1) is 10.3. The van der Waals surface area contributed by atoms with Gasteiger partial charge in [0, 0.05) is 18.2 Å². The van der Waals surface area contributed by atoms with Crippen molar-refractivity contribution in [2.75, 3.05) is 13.2 Å². The fraction of sp³-hybridized carbons (Fsp3) is 0.667. The molecule has 1 aromatic rings. The number of hydrogen-bond donors (Lipinski definition) is 1. The first kappa shape index (κ1) is 16.2. The van der Waals surface area contributed by atoms with Gasteiger partial charge in [0.25, 0.3) is 0 Å². The Bertz CT molecular complexity index is 414. The molecule has 0 aromatic heterocycles. The van der Waals surface area contributed by atoms with Gasteiger partial charge in [-0.1, -0.05) is 26.3 Å². The average molecular weight is 291 g/mol. The third-order valence-electron chi connectivity index (χ3n) is 3.92. The Morgan fingerprint density at radius 1 is 1.14 bits per heavy atom. The summed E-state index contributed by atoms with van der Waals surface area (Å²) in [6, 6.07) is 6.25. The van der Waals surface area contributed by atoms with Crippen LogP contribution in [0.2, 0.25) is 0 Å². The Balaban J connectivity index is 2.07. The zero-order valence-corrected chi connectivity index (χ0v) is 13.5. The van der Waals surface area contributed by atoms with Crippen LogP contribution in [0, 0.1) is 0 Å². The van der Waals surface area contributed by atoms with E-state index in [2.05, 4.69) is 37.4 Å². The molecule has 0 unspecified atom stereocenters. The minimum Gasteiger partial charge on any atom is -0.493 e. The lowest BCUT2D eigenvalue weighted by molar-refractivity contribution is 0.152. The van der Waals surface area contributed by atoms with Gasteiger partial charge in [0.15, 0.2) is 0 Å². The van der Waals surface area contributed by atoms with E-state index in [1.54, 1.807) is 0 Å². The molecule has 3 heteroatoms. The second-order valence-electron chi connectivity index (χ2n) is 5.78. The quantitative estimate of drug-likeness (QED) is 0.774. The molecule has 0 radical (unpaired) electrons. The molecule has 1 aliphatic rings. The van der Waals surface area contributed by atoms with Gasteiger partial charge in [0.05, 0.1) is 12.7 Å². The van der Waals surface area contributed by atoms with Crippen molar-refractivity contribution in [3.63, 3.8) is 0 Å². The highest BCUT2D eigenvalue weighted by molar-refractivity contribution is 5.41. The molecule has 118 valence electrons. The SMILES string of the molecule is CCCOc1ccc(CNCC)c(OC2CCCCC2)c1. The van der Waals surface area contributed by atoms with Crippen LogP contribution in [-0.4, -0.2) is 19.3 Å². The molecule has 1 aromatic carbocycles. The summed E-state index contributed by atoms with van der Waals surface area (Å²) in [5.74, 6) is 1.92. The van der Waals surface area contributed by atoms with Crippen LogP contribution in [0.5, 0.6) is 11.5 Å². The molecule has 21 heavy (non-hydrogen) atoms. The topological polar surface area (TPSA) is 30.5 Å². The summed E-state index contributed by atoms with van der Waals surface area (Å²) in [4.78, 5) is 0. The molecule has 1 fully saturated rings. The number of nitrogens with one attached hydrogen (secondary N) is 1. The van der Waals surface area contributed by atoms with E-state index in [0.717, 1.165) is 37.6 Å². The minimum absolute atomic E-state index is 0.376. The third-order valence-corrected chi connectivity index (χ3v) is 3.92. The van der Waals surface area contributed by atoms with Crippen LogP contribution in [0.25, 0.3) is 0 Å². The van der Waals surface area contributed by atoms with E-state index in [9.17, 15) is 0 Å². The Hall–Kier alpha value is -1.22. The van der Waals surface area contributed by atoms with Crippen LogP contribution in [0.15, 0.2) is 18.2 Å². The second-order valence-corrected chi connectivity index (χ2v) is 5.78. The van der Waals surface area contributed by atoms with Crippen LogP contribution in [0.3, 0.4) is 0 Å². The van der Waals surface area contributed by atoms with Crippen LogP contribution in [0.1, 0.15) is 57.9 Å². The predicted molar refractivity (Wildman–Crippen MR) is 87.1 cm³/mol. The zero-order valence-electron chi connectivity index (χ0n) is 13.5. The lowest BCUT2D eigenvalue weighted by Crippen LogP contribution is -2.21. The maximum Gasteiger partial charge on any atom is 0.127 e. The summed E-state index contributed by atoms with van der Waals surface area (Å²) >= 11 is 0. The molecule has 1 aliphatic carbocycles. The number of benzene rings is 1. The van der Waals surface area contributed by atoms with E-state index in [1.165, 1.54) is 37.7 Å². The van der Waals surface area contributed by atoms with Gasteiger partial charge in [-0.05, 0) is 44.7 Å². The van der Waals surface area contributed by atoms with E-state index in [-0.39, 0.29) is 0 Å². The highest BCUT2D eigenvalue weighted by atomic mass is 16.5. The lowest BCUT2D eigenvalue weighted by Gasteiger charge is -2.24. The van der Waals surface area contributed by atoms with E-state index in [0.29, 0.717) is 6.10 Å². The normalized spacial score (nSPS) is 15.9. The maximum absolute atomic E-state index is 6.28. The summed E-state index contributed by atoms with van der Waals surface area (Å²) in [5.41, 5.74) is 1.23. The molecular weight excluding hydrogens is 262 g/mol. The van der Waals surface area contributed by atoms with Crippen LogP contribution in [0.4, 0.5) is 0 Å². The van der Waals surface area contributed by atoms with Crippen molar-refractivity contribution in [3.05, 3.63) is 23.8 Å². The van der Waals surface area contributed by atoms with Gasteiger partial charge in [-0.15, -0.1) is 0 Å². The molecule has 0 saturated heterocycles. The van der Waals surface area contributed by atoms with E-state index in [4.69, 9.17) is 9.47 Å². The van der Waals surface area contributed by atoms with Gasteiger partial charge >= 0.3 is 0 Å². The van der Waals surface area contributed by atoms with Crippen molar-refractivity contribution in [1.29, 1.82) is 0 Å². The number of hydrogen-bond acceptors (Lipinski definition) is 3. The van der Waals surface area contributed by atoms with Crippen LogP contribution >= 0.6 is 0 Å². The highest BCUT2D eigenvalue weighted by Crippen LogP contribution is 2.29. The molecule has 1 N–H and O–H groups in total. The molecule has 0 aliphatic heterocycles. The molecule has 0 heterocycles. The van der Waals surface area contributed by atoms with E-state index in [1.807, 2.05) is 0 Å². The standard InChI is InChI=1S/C18H29NO2/c1-3-12-20-17-11-10-15(14-19-4-2)18(13-17)21-16-8-6-5-7-9-16/h10-11,13,16,19H,3-9,12,14H2,1-2H3. The third kappa shape index (κ3) is 5.24. The molecule has 3 nitrogen and oxygen atoms in total. The summed E-state index contributed by atoms with van der Waals surface area (Å²) in [5, 5.41) is 3.38. The molecular formula is C18H29NO2. The Kier molecular flexibility index (Phi) is 6.87. The maximum atomic E-state index is 6.28. The molecule has 0 amide bonds. The van der Waals surface area contributed by atoms with Gasteiger partial charge in [-0.2, -0.15) is 0 Å². The molecule has 2 rings (SSSR count). The van der Waals surface area contributed by atoms with Crippen molar-refractivity contribution in [2.45, 2.75) is 65.0 Å². The smallest absolute Gasteiger partial charge is 0.127 e. The van der Waals surface area contributed by atoms with Gasteiger partial charge in [-0.3, -0.25) is 0 Å². The summed E-state index contributed by atoms with van der Waals surface area (Å²) in [6.45, 7) is 6.83. The summed E-state index contributed by atoms with van der Waals surface area (Å²) in [7, 11) is 0. The Morgan fingerprint density at radius 2 is 1.95 bits per heavy atom. The number of ether oxygens (including phenoxy) is 2. The zero-order chi connectivity index (χ0) is 14.9. The monoisotopic (exact) mass is 291 g/mol. The van der Waals surface area contributed by atoms with Gasteiger partial charge in [0.1, 0.15) is 11.5 Å². The minimum atomic E-state index is 0.376. The van der Waals surface area contributed by atoms with Crippen molar-refractivity contribution < 1.29 is 9.47 Å². The van der Waals surface area contributed by atoms with Crippen molar-refractivity contribution in [3.8, 4) is 11.5 Å². The molecule has 0 atom stereocenters. The lowest BCUT2D eigenvalue weighted by atomic mass is 9.97. The Morgan fingerprint density at radius 3 is 2.67 bits per heavy atom. The first-order valence-electron chi connectivity index (χ1n) is 8.46. The summed E-state index contributed by atoms with van der Waals surface area (Å²) < 4.78 is 12.0. The fourth-order valence-electron chi connectivity index (χ4n) is 2.72. The van der Waals surface area contributed by atoms with Crippen molar-refractivity contribution in [1.82, 2.24) is 5.32 Å². The van der Waals surface area contributed by atoms with E-state index < -0.39 is 0 Å². The van der Waals surface area contributed by atoms with Crippen LogP contribution < -0.4 is 14.8 Å². The molecule has 0 bridgehead atoms. The highest BCUT2D eigenvalue weighted by Gasteiger charge is 2.17. The number of rotatable bonds is 8. The largest absolute Gasteiger partial charge is 0.493 e. The van der Waals surface area contributed by atoms with Gasteiger partial charge in [-0.25, -0.2) is 0 Å². The fourth-order valence-corrected chi connectivity index (χ4v) is 2.72. The van der Waals surface area contributed by atoms with Gasteiger partial charge in [0.2, 0.25) is 0 Å². The second kappa shape index (κ2) is 8.93. The predicted octanol–water partition coefficient (Wildman–Crippen LogP) is 4.30. The van der Waals surface area contributed by atoms with Gasteiger partial charge < -0.3 is 14.8 Å². The first-order valence-corrected chi connectivity index (χ1v) is 8.46. The average Bonchev–Trinajstić information content (AvgIpc) is 2.53. The molecule has 0 spiro atoms. The summed E-state index contributed by atoms with van der Waals surface area (Å²) in [6.07, 6.45) is 7.70. The van der Waals surface area contributed by atoms with E-state index >= 15 is 0 Å².